The van der Waals surface area contributed by atoms with Crippen LogP contribution in [-0.4, -0.2) is 51.1 Å². The molecule has 0 saturated heterocycles. The number of benzene rings is 1. The molecule has 0 aromatic heterocycles. The van der Waals surface area contributed by atoms with Crippen LogP contribution in [0.4, 0.5) is 4.39 Å². The lowest BCUT2D eigenvalue weighted by Crippen LogP contribution is -2.41. The molecule has 35 heavy (non-hydrogen) atoms. The zero-order valence-electron chi connectivity index (χ0n) is 20.3. The maximum Gasteiger partial charge on any atom is 0.329 e. The van der Waals surface area contributed by atoms with Gasteiger partial charge in [-0.15, -0.1) is 0 Å². The van der Waals surface area contributed by atoms with Crippen LogP contribution in [0.3, 0.4) is 0 Å². The van der Waals surface area contributed by atoms with E-state index in [1.54, 1.807) is 12.1 Å². The fourth-order valence-electron chi connectivity index (χ4n) is 4.10. The summed E-state index contributed by atoms with van der Waals surface area (Å²) in [6.45, 7) is 2.11. The third-order valence-electron chi connectivity index (χ3n) is 6.14. The van der Waals surface area contributed by atoms with Gasteiger partial charge in [0.2, 0.25) is 5.91 Å². The summed E-state index contributed by atoms with van der Waals surface area (Å²) in [5, 5.41) is 19.5. The van der Waals surface area contributed by atoms with Gasteiger partial charge in [-0.05, 0) is 44.2 Å². The summed E-state index contributed by atoms with van der Waals surface area (Å²) in [5.41, 5.74) is 5.04. The fraction of sp³-hybridized carbons (Fsp3) is 0.577. The van der Waals surface area contributed by atoms with Crippen LogP contribution in [0, 0.1) is 0 Å². The lowest BCUT2D eigenvalue weighted by atomic mass is 10.0. The molecule has 1 aromatic carbocycles. The fourth-order valence-corrected chi connectivity index (χ4v) is 4.10. The number of unbranched alkanes of at least 4 members (excludes halogenated alkanes) is 5. The zero-order valence-corrected chi connectivity index (χ0v) is 20.3. The maximum absolute atomic E-state index is 14.1. The van der Waals surface area contributed by atoms with Gasteiger partial charge in [0.1, 0.15) is 29.8 Å². The highest BCUT2D eigenvalue weighted by atomic mass is 19.1. The molecule has 0 radical (unpaired) electrons. The third kappa shape index (κ3) is 8.98. The number of hydrogen-bond donors (Lipinski definition) is 3. The van der Waals surface area contributed by atoms with Gasteiger partial charge in [0.15, 0.2) is 0 Å². The third-order valence-corrected chi connectivity index (χ3v) is 6.14. The maximum atomic E-state index is 14.1. The van der Waals surface area contributed by atoms with E-state index in [0.29, 0.717) is 19.3 Å². The van der Waals surface area contributed by atoms with E-state index in [4.69, 9.17) is 10.5 Å². The van der Waals surface area contributed by atoms with E-state index in [9.17, 15) is 29.0 Å². The number of primary amides is 1. The molecule has 9 heteroatoms. The highest BCUT2D eigenvalue weighted by Gasteiger charge is 2.38. The van der Waals surface area contributed by atoms with Crippen molar-refractivity contribution < 1.29 is 33.7 Å². The molecular weight excluding hydrogens is 455 g/mol. The smallest absolute Gasteiger partial charge is 0.329 e. The SMILES string of the molecule is CCCCCC[C@H](CCCCC[C@@H](O)C(N)=O)OC(=O)[C@@H]1CC(F)=CN1C(=O)c1ccccc1O. The lowest BCUT2D eigenvalue weighted by Gasteiger charge is -2.25. The van der Waals surface area contributed by atoms with Crippen LogP contribution < -0.4 is 5.73 Å². The molecule has 3 atom stereocenters. The second-order valence-electron chi connectivity index (χ2n) is 8.99. The Balaban J connectivity index is 1.98. The van der Waals surface area contributed by atoms with Crippen LogP contribution in [-0.2, 0) is 14.3 Å². The van der Waals surface area contributed by atoms with Crippen LogP contribution in [0.15, 0.2) is 36.3 Å². The molecule has 0 fully saturated rings. The number of rotatable bonds is 15. The minimum absolute atomic E-state index is 0.0227. The molecule has 0 aliphatic carbocycles. The predicted octanol–water partition coefficient (Wildman–Crippen LogP) is 4.10. The first-order valence-electron chi connectivity index (χ1n) is 12.4. The van der Waals surface area contributed by atoms with Crippen LogP contribution in [0.25, 0.3) is 0 Å². The number of para-hydroxylation sites is 1. The molecule has 1 aromatic rings. The minimum atomic E-state index is -1.16. The van der Waals surface area contributed by atoms with Crippen LogP contribution in [0.2, 0.25) is 0 Å². The Morgan fingerprint density at radius 1 is 1.09 bits per heavy atom. The molecule has 0 bridgehead atoms. The number of nitrogens with two attached hydrogens (primary N) is 1. The number of aliphatic hydroxyl groups excluding tert-OH is 1. The summed E-state index contributed by atoms with van der Waals surface area (Å²) < 4.78 is 19.9. The number of halogens is 1. The van der Waals surface area contributed by atoms with E-state index >= 15 is 0 Å². The van der Waals surface area contributed by atoms with E-state index in [-0.39, 0.29) is 30.3 Å². The Morgan fingerprint density at radius 2 is 1.71 bits per heavy atom. The number of phenols is 1. The number of phenolic OH excluding ortho intramolecular Hbond substituents is 1. The highest BCUT2D eigenvalue weighted by Crippen LogP contribution is 2.29. The molecule has 0 saturated carbocycles. The van der Waals surface area contributed by atoms with Gasteiger partial charge in [-0.25, -0.2) is 9.18 Å². The van der Waals surface area contributed by atoms with Crippen molar-refractivity contribution in [1.29, 1.82) is 0 Å². The lowest BCUT2D eigenvalue weighted by molar-refractivity contribution is -0.154. The Morgan fingerprint density at radius 3 is 2.34 bits per heavy atom. The Labute approximate surface area is 205 Å². The van der Waals surface area contributed by atoms with Gasteiger partial charge in [0.25, 0.3) is 5.91 Å². The first kappa shape index (κ1) is 28.3. The van der Waals surface area contributed by atoms with E-state index in [1.807, 2.05) is 0 Å². The van der Waals surface area contributed by atoms with Crippen molar-refractivity contribution in [2.24, 2.45) is 5.73 Å². The summed E-state index contributed by atoms with van der Waals surface area (Å²) in [4.78, 5) is 37.8. The number of esters is 1. The van der Waals surface area contributed by atoms with Gasteiger partial charge in [-0.3, -0.25) is 14.5 Å². The number of nitrogens with zero attached hydrogens (tertiary/aromatic N) is 1. The van der Waals surface area contributed by atoms with Gasteiger partial charge in [-0.2, -0.15) is 0 Å². The molecule has 0 unspecified atom stereocenters. The van der Waals surface area contributed by atoms with Crippen molar-refractivity contribution in [2.45, 2.75) is 95.8 Å². The summed E-state index contributed by atoms with van der Waals surface area (Å²) in [7, 11) is 0. The molecule has 0 spiro atoms. The number of hydrogen-bond acceptors (Lipinski definition) is 6. The Kier molecular flexibility index (Phi) is 11.7. The van der Waals surface area contributed by atoms with Crippen molar-refractivity contribution in [3.63, 3.8) is 0 Å². The van der Waals surface area contributed by atoms with Gasteiger partial charge < -0.3 is 20.7 Å². The largest absolute Gasteiger partial charge is 0.507 e. The minimum Gasteiger partial charge on any atom is -0.507 e. The van der Waals surface area contributed by atoms with E-state index < -0.39 is 35.8 Å². The van der Waals surface area contributed by atoms with Crippen molar-refractivity contribution in [3.8, 4) is 5.75 Å². The van der Waals surface area contributed by atoms with Crippen molar-refractivity contribution in [3.05, 3.63) is 41.9 Å². The number of aliphatic hydroxyl groups is 1. The molecule has 1 aliphatic heterocycles. The van der Waals surface area contributed by atoms with Crippen LogP contribution >= 0.6 is 0 Å². The molecule has 2 amide bonds. The molecule has 8 nitrogen and oxygen atoms in total. The number of aromatic hydroxyl groups is 1. The summed E-state index contributed by atoms with van der Waals surface area (Å²) in [6.07, 6.45) is 6.79. The van der Waals surface area contributed by atoms with Gasteiger partial charge in [-0.1, -0.05) is 51.2 Å². The van der Waals surface area contributed by atoms with Crippen molar-refractivity contribution in [1.82, 2.24) is 4.90 Å². The molecule has 2 rings (SSSR count). The normalized spacial score (nSPS) is 17.1. The van der Waals surface area contributed by atoms with Gasteiger partial charge in [0.05, 0.1) is 5.56 Å². The molecule has 1 heterocycles. The quantitative estimate of drug-likeness (QED) is 0.250. The predicted molar refractivity (Wildman–Crippen MR) is 129 cm³/mol. The van der Waals surface area contributed by atoms with Gasteiger partial charge in [0, 0.05) is 12.6 Å². The zero-order chi connectivity index (χ0) is 25.8. The van der Waals surface area contributed by atoms with E-state index in [2.05, 4.69) is 6.92 Å². The van der Waals surface area contributed by atoms with Crippen molar-refractivity contribution in [2.75, 3.05) is 0 Å². The van der Waals surface area contributed by atoms with Gasteiger partial charge >= 0.3 is 5.97 Å². The number of ether oxygens (including phenoxy) is 1. The second kappa shape index (κ2) is 14.5. The molecular formula is C26H37FN2O6. The number of carbonyl (C=O) groups excluding carboxylic acids is 3. The molecule has 194 valence electrons. The number of amides is 2. The average molecular weight is 493 g/mol. The summed E-state index contributed by atoms with van der Waals surface area (Å²) in [6, 6.07) is 4.77. The highest BCUT2D eigenvalue weighted by molar-refractivity contribution is 6.00. The monoisotopic (exact) mass is 492 g/mol. The van der Waals surface area contributed by atoms with E-state index in [0.717, 1.165) is 49.6 Å². The molecule has 4 N–H and O–H groups in total. The van der Waals surface area contributed by atoms with Crippen LogP contribution in [0.1, 0.15) is 87.9 Å². The second-order valence-corrected chi connectivity index (χ2v) is 8.99. The summed E-state index contributed by atoms with van der Waals surface area (Å²) >= 11 is 0. The first-order valence-corrected chi connectivity index (χ1v) is 12.4. The van der Waals surface area contributed by atoms with Crippen molar-refractivity contribution >= 4 is 17.8 Å². The Hall–Kier alpha value is -2.94. The Bertz CT molecular complexity index is 890. The average Bonchev–Trinajstić information content (AvgIpc) is 3.22. The summed E-state index contributed by atoms with van der Waals surface area (Å²) in [5.74, 6) is -2.95. The topological polar surface area (TPSA) is 130 Å². The van der Waals surface area contributed by atoms with Crippen LogP contribution in [0.5, 0.6) is 5.75 Å². The number of carbonyl (C=O) groups is 3. The molecule has 1 aliphatic rings. The standard InChI is InChI=1S/C26H37FN2O6/c1-2-3-4-6-11-19(12-7-5-8-15-23(31)24(28)32)35-26(34)21-16-18(27)17-29(21)25(33)20-13-9-10-14-22(20)30/h9-10,13-14,17,19,21,23,30-31H,2-8,11-12,15-16H2,1H3,(H2,28,32)/t19-,21+,23-/m1/s1. The van der Waals surface area contributed by atoms with E-state index in [1.165, 1.54) is 12.1 Å². The first-order chi connectivity index (χ1) is 16.7.